The summed E-state index contributed by atoms with van der Waals surface area (Å²) in [6.07, 6.45) is 0.731. The predicted molar refractivity (Wildman–Crippen MR) is 71.8 cm³/mol. The third kappa shape index (κ3) is 3.32. The Balaban J connectivity index is 2.03. The molecule has 0 aliphatic carbocycles. The van der Waals surface area contributed by atoms with Gasteiger partial charge in [0, 0.05) is 12.5 Å². The molecule has 102 valence electrons. The Bertz CT molecular complexity index is 549. The molecular formula is C14H19N3O2. The highest BCUT2D eigenvalue weighted by molar-refractivity contribution is 5.37. The third-order valence-electron chi connectivity index (χ3n) is 2.89. The van der Waals surface area contributed by atoms with Gasteiger partial charge in [0.05, 0.1) is 0 Å². The Morgan fingerprint density at radius 3 is 2.63 bits per heavy atom. The number of aromatic nitrogens is 2. The van der Waals surface area contributed by atoms with E-state index >= 15 is 0 Å². The Hall–Kier alpha value is -1.88. The standard InChI is InChI=1S/C14H19N3O2/c1-4-13-16-17-14(19-13)8-18-12-6-5-11(10(3)15)7-9(12)2/h5-7,10H,4,8,15H2,1-3H3/t10-/m1/s1. The lowest BCUT2D eigenvalue weighted by Crippen LogP contribution is -2.05. The molecule has 2 N–H and O–H groups in total. The first kappa shape index (κ1) is 13.5. The molecular weight excluding hydrogens is 242 g/mol. The molecule has 1 aromatic carbocycles. The zero-order chi connectivity index (χ0) is 13.8. The van der Waals surface area contributed by atoms with E-state index in [9.17, 15) is 0 Å². The van der Waals surface area contributed by atoms with Gasteiger partial charge in [-0.1, -0.05) is 19.1 Å². The van der Waals surface area contributed by atoms with Gasteiger partial charge in [0.25, 0.3) is 5.89 Å². The molecule has 0 radical (unpaired) electrons. The quantitative estimate of drug-likeness (QED) is 0.895. The molecule has 1 heterocycles. The van der Waals surface area contributed by atoms with Crippen LogP contribution in [-0.4, -0.2) is 10.2 Å². The van der Waals surface area contributed by atoms with E-state index < -0.39 is 0 Å². The lowest BCUT2D eigenvalue weighted by atomic mass is 10.1. The number of nitrogens with two attached hydrogens (primary N) is 1. The van der Waals surface area contributed by atoms with Crippen molar-refractivity contribution >= 4 is 0 Å². The van der Waals surface area contributed by atoms with Gasteiger partial charge in [-0.2, -0.15) is 0 Å². The fourth-order valence-corrected chi connectivity index (χ4v) is 1.75. The molecule has 0 amide bonds. The second-order valence-corrected chi connectivity index (χ2v) is 4.55. The molecule has 0 fully saturated rings. The van der Waals surface area contributed by atoms with Gasteiger partial charge in [0.1, 0.15) is 5.75 Å². The zero-order valence-electron chi connectivity index (χ0n) is 11.5. The lowest BCUT2D eigenvalue weighted by Gasteiger charge is -2.11. The summed E-state index contributed by atoms with van der Waals surface area (Å²) in [7, 11) is 0. The molecule has 5 heteroatoms. The minimum atomic E-state index is 0.0239. The monoisotopic (exact) mass is 261 g/mol. The Labute approximate surface area is 112 Å². The van der Waals surface area contributed by atoms with Crippen LogP contribution in [0.15, 0.2) is 22.6 Å². The van der Waals surface area contributed by atoms with Gasteiger partial charge in [-0.15, -0.1) is 10.2 Å². The summed E-state index contributed by atoms with van der Waals surface area (Å²) in [5.74, 6) is 1.93. The van der Waals surface area contributed by atoms with Crippen molar-refractivity contribution in [2.45, 2.75) is 39.8 Å². The van der Waals surface area contributed by atoms with Crippen molar-refractivity contribution in [1.82, 2.24) is 10.2 Å². The van der Waals surface area contributed by atoms with Crippen LogP contribution in [0.5, 0.6) is 5.75 Å². The Morgan fingerprint density at radius 1 is 1.32 bits per heavy atom. The molecule has 1 aromatic heterocycles. The zero-order valence-corrected chi connectivity index (χ0v) is 11.5. The molecule has 0 spiro atoms. The maximum Gasteiger partial charge on any atom is 0.253 e. The van der Waals surface area contributed by atoms with Gasteiger partial charge in [-0.25, -0.2) is 0 Å². The number of hydrogen-bond acceptors (Lipinski definition) is 5. The number of rotatable bonds is 5. The van der Waals surface area contributed by atoms with E-state index in [4.69, 9.17) is 14.9 Å². The topological polar surface area (TPSA) is 74.2 Å². The second kappa shape index (κ2) is 5.84. The summed E-state index contributed by atoms with van der Waals surface area (Å²) in [5.41, 5.74) is 7.98. The van der Waals surface area contributed by atoms with Crippen LogP contribution in [0, 0.1) is 6.92 Å². The van der Waals surface area contributed by atoms with Crippen molar-refractivity contribution in [1.29, 1.82) is 0 Å². The molecule has 0 aliphatic heterocycles. The summed E-state index contributed by atoms with van der Waals surface area (Å²) in [5, 5.41) is 7.81. The van der Waals surface area contributed by atoms with Crippen molar-refractivity contribution in [3.8, 4) is 5.75 Å². The van der Waals surface area contributed by atoms with E-state index in [-0.39, 0.29) is 12.6 Å². The first-order valence-corrected chi connectivity index (χ1v) is 6.40. The third-order valence-corrected chi connectivity index (χ3v) is 2.89. The highest BCUT2D eigenvalue weighted by atomic mass is 16.5. The van der Waals surface area contributed by atoms with Crippen LogP contribution in [0.1, 0.15) is 42.8 Å². The van der Waals surface area contributed by atoms with Crippen LogP contribution in [-0.2, 0) is 13.0 Å². The van der Waals surface area contributed by atoms with Crippen molar-refractivity contribution in [2.24, 2.45) is 5.73 Å². The molecule has 5 nitrogen and oxygen atoms in total. The van der Waals surface area contributed by atoms with Crippen molar-refractivity contribution in [3.05, 3.63) is 41.1 Å². The number of ether oxygens (including phenoxy) is 1. The Morgan fingerprint density at radius 2 is 2.05 bits per heavy atom. The Kier molecular flexibility index (Phi) is 4.16. The van der Waals surface area contributed by atoms with E-state index in [1.54, 1.807) is 0 Å². The molecule has 2 aromatic rings. The predicted octanol–water partition coefficient (Wildman–Crippen LogP) is 2.54. The number of benzene rings is 1. The number of nitrogens with zero attached hydrogens (tertiary/aromatic N) is 2. The lowest BCUT2D eigenvalue weighted by molar-refractivity contribution is 0.257. The van der Waals surface area contributed by atoms with Gasteiger partial charge in [0.15, 0.2) is 6.61 Å². The van der Waals surface area contributed by atoms with E-state index in [1.165, 1.54) is 0 Å². The van der Waals surface area contributed by atoms with Gasteiger partial charge in [0.2, 0.25) is 5.89 Å². The average Bonchev–Trinajstić information content (AvgIpc) is 2.85. The minimum absolute atomic E-state index is 0.0239. The van der Waals surface area contributed by atoms with E-state index in [0.717, 1.165) is 23.3 Å². The van der Waals surface area contributed by atoms with Gasteiger partial charge in [-0.3, -0.25) is 0 Å². The largest absolute Gasteiger partial charge is 0.484 e. The summed E-state index contributed by atoms with van der Waals surface area (Å²) < 4.78 is 11.1. The highest BCUT2D eigenvalue weighted by Gasteiger charge is 2.08. The van der Waals surface area contributed by atoms with Gasteiger partial charge >= 0.3 is 0 Å². The van der Waals surface area contributed by atoms with Crippen LogP contribution >= 0.6 is 0 Å². The normalized spacial score (nSPS) is 12.4. The summed E-state index contributed by atoms with van der Waals surface area (Å²) in [4.78, 5) is 0. The fourth-order valence-electron chi connectivity index (χ4n) is 1.75. The van der Waals surface area contributed by atoms with Gasteiger partial charge in [-0.05, 0) is 31.0 Å². The van der Waals surface area contributed by atoms with Crippen LogP contribution in [0.3, 0.4) is 0 Å². The van der Waals surface area contributed by atoms with Crippen LogP contribution in [0.2, 0.25) is 0 Å². The number of hydrogen-bond donors (Lipinski definition) is 1. The van der Waals surface area contributed by atoms with E-state index in [2.05, 4.69) is 10.2 Å². The first-order chi connectivity index (χ1) is 9.10. The molecule has 0 unspecified atom stereocenters. The fraction of sp³-hybridized carbons (Fsp3) is 0.429. The molecule has 0 bridgehead atoms. The molecule has 0 saturated heterocycles. The van der Waals surface area contributed by atoms with E-state index in [0.29, 0.717) is 11.8 Å². The maximum absolute atomic E-state index is 5.84. The molecule has 0 aliphatic rings. The molecule has 19 heavy (non-hydrogen) atoms. The van der Waals surface area contributed by atoms with Crippen molar-refractivity contribution in [3.63, 3.8) is 0 Å². The van der Waals surface area contributed by atoms with Crippen molar-refractivity contribution < 1.29 is 9.15 Å². The molecule has 0 saturated carbocycles. The van der Waals surface area contributed by atoms with Crippen LogP contribution < -0.4 is 10.5 Å². The van der Waals surface area contributed by atoms with Gasteiger partial charge < -0.3 is 14.9 Å². The first-order valence-electron chi connectivity index (χ1n) is 6.40. The van der Waals surface area contributed by atoms with Crippen LogP contribution in [0.25, 0.3) is 0 Å². The highest BCUT2D eigenvalue weighted by Crippen LogP contribution is 2.22. The van der Waals surface area contributed by atoms with Crippen LogP contribution in [0.4, 0.5) is 0 Å². The summed E-state index contributed by atoms with van der Waals surface area (Å²) in [6.45, 7) is 6.20. The second-order valence-electron chi connectivity index (χ2n) is 4.55. The minimum Gasteiger partial charge on any atom is -0.484 e. The SMILES string of the molecule is CCc1nnc(COc2ccc([C@@H](C)N)cc2C)o1. The molecule has 2 rings (SSSR count). The summed E-state index contributed by atoms with van der Waals surface area (Å²) >= 11 is 0. The van der Waals surface area contributed by atoms with Crippen molar-refractivity contribution in [2.75, 3.05) is 0 Å². The number of aryl methyl sites for hydroxylation is 2. The summed E-state index contributed by atoms with van der Waals surface area (Å²) in [6, 6.07) is 5.95. The van der Waals surface area contributed by atoms with E-state index in [1.807, 2.05) is 39.0 Å². The average molecular weight is 261 g/mol. The maximum atomic E-state index is 5.84. The smallest absolute Gasteiger partial charge is 0.253 e. The molecule has 1 atom stereocenters.